The van der Waals surface area contributed by atoms with Gasteiger partial charge >= 0.3 is 12.0 Å². The van der Waals surface area contributed by atoms with Gasteiger partial charge in [0.05, 0.1) is 5.92 Å². The average Bonchev–Trinajstić information content (AvgIpc) is 2.67. The van der Waals surface area contributed by atoms with Gasteiger partial charge in [-0.1, -0.05) is 6.92 Å². The molecule has 1 saturated heterocycles. The van der Waals surface area contributed by atoms with Crippen LogP contribution in [0.3, 0.4) is 0 Å². The van der Waals surface area contributed by atoms with Gasteiger partial charge in [-0.05, 0) is 20.0 Å². The van der Waals surface area contributed by atoms with Crippen LogP contribution in [0.5, 0.6) is 0 Å². The van der Waals surface area contributed by atoms with Gasteiger partial charge in [-0.2, -0.15) is 0 Å². The number of hydrogen-bond acceptors (Lipinski definition) is 3. The second-order valence-corrected chi connectivity index (χ2v) is 5.33. The molecule has 0 bridgehead atoms. The van der Waals surface area contributed by atoms with E-state index in [0.29, 0.717) is 19.6 Å². The summed E-state index contributed by atoms with van der Waals surface area (Å²) in [5.74, 6) is -1.22. The SMILES string of the molecule is C[C@@H]1CN(C(=O)N(C)CCN(C)C)C[C@H]1C(=O)O. The Labute approximate surface area is 108 Å². The number of carboxylic acid groups (broad SMARTS) is 1. The minimum Gasteiger partial charge on any atom is -0.481 e. The third-order valence-electron chi connectivity index (χ3n) is 3.41. The lowest BCUT2D eigenvalue weighted by molar-refractivity contribution is -0.142. The molecule has 0 saturated carbocycles. The Morgan fingerprint density at radius 2 is 1.83 bits per heavy atom. The Balaban J connectivity index is 2.50. The van der Waals surface area contributed by atoms with Gasteiger partial charge in [0.15, 0.2) is 0 Å². The average molecular weight is 257 g/mol. The molecule has 1 heterocycles. The smallest absolute Gasteiger partial charge is 0.319 e. The minimum atomic E-state index is -0.811. The summed E-state index contributed by atoms with van der Waals surface area (Å²) in [5.41, 5.74) is 0. The second kappa shape index (κ2) is 6.04. The quantitative estimate of drug-likeness (QED) is 0.784. The number of carbonyl (C=O) groups is 2. The van der Waals surface area contributed by atoms with E-state index in [9.17, 15) is 9.59 Å². The number of carbonyl (C=O) groups excluding carboxylic acids is 1. The normalized spacial score (nSPS) is 23.5. The van der Waals surface area contributed by atoms with E-state index in [4.69, 9.17) is 5.11 Å². The third kappa shape index (κ3) is 3.60. The summed E-state index contributed by atoms with van der Waals surface area (Å²) in [7, 11) is 5.66. The van der Waals surface area contributed by atoms with Crippen LogP contribution in [-0.2, 0) is 4.79 Å². The van der Waals surface area contributed by atoms with Gasteiger partial charge in [-0.25, -0.2) is 4.79 Å². The highest BCUT2D eigenvalue weighted by molar-refractivity contribution is 5.77. The standard InChI is InChI=1S/C12H23N3O3/c1-9-7-15(8-10(9)11(16)17)12(18)14(4)6-5-13(2)3/h9-10H,5-8H2,1-4H3,(H,16,17)/t9-,10-/m1/s1. The maximum atomic E-state index is 12.1. The molecule has 0 aromatic rings. The largest absolute Gasteiger partial charge is 0.481 e. The molecule has 1 fully saturated rings. The van der Waals surface area contributed by atoms with E-state index < -0.39 is 11.9 Å². The van der Waals surface area contributed by atoms with Gasteiger partial charge in [0.1, 0.15) is 0 Å². The molecular formula is C12H23N3O3. The van der Waals surface area contributed by atoms with Gasteiger partial charge in [-0.15, -0.1) is 0 Å². The van der Waals surface area contributed by atoms with Crippen LogP contribution in [0.15, 0.2) is 0 Å². The molecule has 0 spiro atoms. The summed E-state index contributed by atoms with van der Waals surface area (Å²) in [6.45, 7) is 4.18. The number of aliphatic carboxylic acids is 1. The molecule has 6 heteroatoms. The number of likely N-dealkylation sites (tertiary alicyclic amines) is 1. The summed E-state index contributed by atoms with van der Waals surface area (Å²) < 4.78 is 0. The van der Waals surface area contributed by atoms with E-state index in [0.717, 1.165) is 6.54 Å². The molecule has 2 amide bonds. The van der Waals surface area contributed by atoms with Crippen LogP contribution in [0.4, 0.5) is 4.79 Å². The highest BCUT2D eigenvalue weighted by atomic mass is 16.4. The van der Waals surface area contributed by atoms with Crippen LogP contribution >= 0.6 is 0 Å². The molecule has 0 aliphatic carbocycles. The molecular weight excluding hydrogens is 234 g/mol. The second-order valence-electron chi connectivity index (χ2n) is 5.33. The fraction of sp³-hybridized carbons (Fsp3) is 0.833. The van der Waals surface area contributed by atoms with E-state index in [2.05, 4.69) is 0 Å². The molecule has 1 aliphatic rings. The summed E-state index contributed by atoms with van der Waals surface area (Å²) >= 11 is 0. The van der Waals surface area contributed by atoms with Crippen molar-refractivity contribution in [2.24, 2.45) is 11.8 Å². The van der Waals surface area contributed by atoms with E-state index in [1.165, 1.54) is 0 Å². The molecule has 18 heavy (non-hydrogen) atoms. The zero-order chi connectivity index (χ0) is 13.9. The topological polar surface area (TPSA) is 64.1 Å². The van der Waals surface area contributed by atoms with Crippen molar-refractivity contribution in [2.75, 3.05) is 47.3 Å². The number of likely N-dealkylation sites (N-methyl/N-ethyl adjacent to an activating group) is 2. The molecule has 1 rings (SSSR count). The summed E-state index contributed by atoms with van der Waals surface area (Å²) in [4.78, 5) is 28.4. The Morgan fingerprint density at radius 3 is 2.28 bits per heavy atom. The molecule has 104 valence electrons. The molecule has 0 aromatic heterocycles. The first-order valence-corrected chi connectivity index (χ1v) is 6.20. The van der Waals surface area contributed by atoms with Crippen LogP contribution in [0.25, 0.3) is 0 Å². The van der Waals surface area contributed by atoms with Gasteiger partial charge in [0, 0.05) is 33.2 Å². The monoisotopic (exact) mass is 257 g/mol. The molecule has 2 atom stereocenters. The Bertz CT molecular complexity index is 320. The molecule has 0 unspecified atom stereocenters. The number of nitrogens with zero attached hydrogens (tertiary/aromatic N) is 3. The number of amides is 2. The van der Waals surface area contributed by atoms with Crippen molar-refractivity contribution >= 4 is 12.0 Å². The van der Waals surface area contributed by atoms with Gasteiger partial charge in [0.2, 0.25) is 0 Å². The lowest BCUT2D eigenvalue weighted by Crippen LogP contribution is -2.42. The van der Waals surface area contributed by atoms with Gasteiger partial charge < -0.3 is 19.8 Å². The first kappa shape index (κ1) is 14.8. The summed E-state index contributed by atoms with van der Waals surface area (Å²) in [6, 6.07) is -0.0764. The zero-order valence-corrected chi connectivity index (χ0v) is 11.6. The third-order valence-corrected chi connectivity index (χ3v) is 3.41. The fourth-order valence-corrected chi connectivity index (χ4v) is 2.13. The lowest BCUT2D eigenvalue weighted by Gasteiger charge is -2.25. The predicted octanol–water partition coefficient (Wildman–Crippen LogP) is 0.252. The number of carboxylic acids is 1. The van der Waals surface area contributed by atoms with Crippen molar-refractivity contribution in [1.82, 2.24) is 14.7 Å². The van der Waals surface area contributed by atoms with Gasteiger partial charge in [-0.3, -0.25) is 4.79 Å². The van der Waals surface area contributed by atoms with E-state index >= 15 is 0 Å². The first-order chi connectivity index (χ1) is 8.32. The van der Waals surface area contributed by atoms with Crippen molar-refractivity contribution < 1.29 is 14.7 Å². The van der Waals surface area contributed by atoms with Crippen molar-refractivity contribution in [2.45, 2.75) is 6.92 Å². The van der Waals surface area contributed by atoms with Crippen molar-refractivity contribution in [3.63, 3.8) is 0 Å². The highest BCUT2D eigenvalue weighted by Crippen LogP contribution is 2.23. The maximum Gasteiger partial charge on any atom is 0.319 e. The zero-order valence-electron chi connectivity index (χ0n) is 11.6. The lowest BCUT2D eigenvalue weighted by atomic mass is 9.99. The molecule has 1 N–H and O–H groups in total. The molecule has 0 aromatic carbocycles. The Morgan fingerprint density at radius 1 is 1.22 bits per heavy atom. The van der Waals surface area contributed by atoms with Crippen molar-refractivity contribution in [3.05, 3.63) is 0 Å². The van der Waals surface area contributed by atoms with Crippen LogP contribution in [-0.4, -0.2) is 79.1 Å². The Kier molecular flexibility index (Phi) is 4.95. The van der Waals surface area contributed by atoms with Gasteiger partial charge in [0.25, 0.3) is 0 Å². The highest BCUT2D eigenvalue weighted by Gasteiger charge is 2.37. The van der Waals surface area contributed by atoms with Crippen molar-refractivity contribution in [3.8, 4) is 0 Å². The van der Waals surface area contributed by atoms with E-state index in [1.807, 2.05) is 25.9 Å². The number of hydrogen-bond donors (Lipinski definition) is 1. The van der Waals surface area contributed by atoms with Crippen LogP contribution in [0, 0.1) is 11.8 Å². The Hall–Kier alpha value is -1.30. The van der Waals surface area contributed by atoms with E-state index in [-0.39, 0.29) is 11.9 Å². The van der Waals surface area contributed by atoms with Crippen LogP contribution in [0.1, 0.15) is 6.92 Å². The van der Waals surface area contributed by atoms with Crippen LogP contribution < -0.4 is 0 Å². The molecule has 0 radical (unpaired) electrons. The minimum absolute atomic E-state index is 0.0219. The fourth-order valence-electron chi connectivity index (χ4n) is 2.13. The number of urea groups is 1. The first-order valence-electron chi connectivity index (χ1n) is 6.20. The van der Waals surface area contributed by atoms with Crippen LogP contribution in [0.2, 0.25) is 0 Å². The number of rotatable bonds is 4. The van der Waals surface area contributed by atoms with E-state index in [1.54, 1.807) is 16.8 Å². The summed E-state index contributed by atoms with van der Waals surface area (Å²) in [6.07, 6.45) is 0. The summed E-state index contributed by atoms with van der Waals surface area (Å²) in [5, 5.41) is 9.04. The molecule has 6 nitrogen and oxygen atoms in total. The predicted molar refractivity (Wildman–Crippen MR) is 68.4 cm³/mol. The molecule has 1 aliphatic heterocycles. The maximum absolute atomic E-state index is 12.1. The van der Waals surface area contributed by atoms with Crippen molar-refractivity contribution in [1.29, 1.82) is 0 Å².